The fourth-order valence-electron chi connectivity index (χ4n) is 1.99. The molecule has 6 heteroatoms. The molecule has 1 nitrogen and oxygen atoms in total. The van der Waals surface area contributed by atoms with Gasteiger partial charge in [-0.05, 0) is 17.3 Å². The molecule has 1 aromatic carbocycles. The van der Waals surface area contributed by atoms with Crippen LogP contribution in [0.1, 0.15) is 11.5 Å². The van der Waals surface area contributed by atoms with Crippen molar-refractivity contribution in [1.82, 2.24) is 0 Å². The molecule has 0 saturated carbocycles. The van der Waals surface area contributed by atoms with Gasteiger partial charge in [0.1, 0.15) is 0 Å². The Bertz CT molecular complexity index is 331. The number of rotatable bonds is 2. The summed E-state index contributed by atoms with van der Waals surface area (Å²) in [5, 5.41) is 0. The molecule has 1 aliphatic heterocycles. The maximum absolute atomic E-state index is 12.7. The van der Waals surface area contributed by atoms with Crippen LogP contribution in [0.25, 0.3) is 0 Å². The molecule has 1 fully saturated rings. The second-order valence-electron chi connectivity index (χ2n) is 3.84. The van der Waals surface area contributed by atoms with Gasteiger partial charge in [-0.3, -0.25) is 0 Å². The zero-order valence-corrected chi connectivity index (χ0v) is 12.2. The monoisotopic (exact) mass is 254 g/mol. The van der Waals surface area contributed by atoms with Gasteiger partial charge in [0.2, 0.25) is 0 Å². The topological polar surface area (TPSA) is 9.23 Å². The molecule has 2 unspecified atom stereocenters. The van der Waals surface area contributed by atoms with Crippen molar-refractivity contribution in [2.45, 2.75) is 11.7 Å². The van der Waals surface area contributed by atoms with Crippen molar-refractivity contribution < 1.29 is 69.1 Å². The third-order valence-electron chi connectivity index (χ3n) is 2.84. The molecule has 2 rings (SSSR count). The molecule has 0 N–H and O–H groups in total. The molecule has 16 heavy (non-hydrogen) atoms. The zero-order valence-electron chi connectivity index (χ0n) is 9.08. The van der Waals surface area contributed by atoms with Crippen LogP contribution in [0.15, 0.2) is 30.3 Å². The molecule has 0 aromatic heterocycles. The van der Waals surface area contributed by atoms with Crippen LogP contribution in [-0.2, 0) is 4.74 Å². The summed E-state index contributed by atoms with van der Waals surface area (Å²) in [7, 11) is 0. The van der Waals surface area contributed by atoms with Gasteiger partial charge in [0.05, 0.1) is 6.61 Å². The average molecular weight is 254 g/mol. The maximum atomic E-state index is 12.7. The van der Waals surface area contributed by atoms with Gasteiger partial charge in [-0.2, -0.15) is 0 Å². The van der Waals surface area contributed by atoms with Crippen molar-refractivity contribution in [2.75, 3.05) is 13.2 Å². The van der Waals surface area contributed by atoms with E-state index in [1.54, 1.807) is 30.3 Å². The molecular weight excluding hydrogens is 243 g/mol. The minimum atomic E-state index is -4.81. The van der Waals surface area contributed by atoms with Gasteiger partial charge in [0.15, 0.2) is 0 Å². The Hall–Kier alpha value is 0.671. The number of halogens is 3. The van der Waals surface area contributed by atoms with Crippen molar-refractivity contribution in [3.63, 3.8) is 0 Å². The second kappa shape index (κ2) is 6.02. The van der Waals surface area contributed by atoms with Crippen LogP contribution in [0.5, 0.6) is 0 Å². The Morgan fingerprint density at radius 2 is 1.69 bits per heavy atom. The molecule has 0 spiro atoms. The fraction of sp³-hybridized carbons (Fsp3) is 0.400. The van der Waals surface area contributed by atoms with Crippen LogP contribution >= 0.6 is 0 Å². The number of benzene rings is 1. The van der Waals surface area contributed by atoms with Crippen molar-refractivity contribution in [2.24, 2.45) is 0 Å². The Kier molecular flexibility index (Phi) is 5.54. The van der Waals surface area contributed by atoms with Gasteiger partial charge in [-0.15, -0.1) is 0 Å². The van der Waals surface area contributed by atoms with E-state index in [2.05, 4.69) is 0 Å². The largest absolute Gasteiger partial charge is 1.00 e. The molecule has 1 aromatic rings. The molecule has 1 heterocycles. The predicted molar refractivity (Wildman–Crippen MR) is 52.8 cm³/mol. The van der Waals surface area contributed by atoms with E-state index in [4.69, 9.17) is 4.74 Å². The summed E-state index contributed by atoms with van der Waals surface area (Å²) < 4.78 is 43.0. The van der Waals surface area contributed by atoms with Gasteiger partial charge >= 0.3 is 58.4 Å². The van der Waals surface area contributed by atoms with E-state index in [-0.39, 0.29) is 64.6 Å². The first-order valence-corrected chi connectivity index (χ1v) is 4.91. The zero-order chi connectivity index (χ0) is 10.9. The molecule has 1 aliphatic rings. The van der Waals surface area contributed by atoms with E-state index in [1.807, 2.05) is 0 Å². The minimum absolute atomic E-state index is 0. The van der Waals surface area contributed by atoms with E-state index in [9.17, 15) is 12.9 Å². The summed E-state index contributed by atoms with van der Waals surface area (Å²) in [6.45, 7) is -4.83. The summed E-state index contributed by atoms with van der Waals surface area (Å²) in [5.41, 5.74) is 0.721. The predicted octanol–water partition coefficient (Wildman–Crippen LogP) is 0.0220. The van der Waals surface area contributed by atoms with E-state index >= 15 is 0 Å². The van der Waals surface area contributed by atoms with Gasteiger partial charge in [0.25, 0.3) is 0 Å². The first-order chi connectivity index (χ1) is 7.09. The van der Waals surface area contributed by atoms with Crippen LogP contribution in [-0.4, -0.2) is 20.2 Å². The molecule has 0 bridgehead atoms. The van der Waals surface area contributed by atoms with Crippen molar-refractivity contribution in [1.29, 1.82) is 0 Å². The first-order valence-electron chi connectivity index (χ1n) is 4.91. The van der Waals surface area contributed by atoms with Crippen LogP contribution in [0.2, 0.25) is 5.82 Å². The molecule has 0 aliphatic carbocycles. The Balaban J connectivity index is 0.00000128. The molecular formula is C10H11BF3KO. The van der Waals surface area contributed by atoms with E-state index in [0.29, 0.717) is 0 Å². The minimum Gasteiger partial charge on any atom is -0.449 e. The molecule has 0 radical (unpaired) electrons. The summed E-state index contributed by atoms with van der Waals surface area (Å²) in [5.74, 6) is -1.82. The number of ether oxygens (including phenoxy) is 1. The standard InChI is InChI=1S/C10H11BF3O.K/c12-11(13,14)10-7-15-6-9(10)8-4-2-1-3-5-8;/h1-5,9-10H,6-7H2;/q-1;+1. The van der Waals surface area contributed by atoms with Crippen LogP contribution in [0.4, 0.5) is 12.9 Å². The molecule has 1 saturated heterocycles. The van der Waals surface area contributed by atoms with Crippen molar-refractivity contribution >= 4 is 6.98 Å². The maximum Gasteiger partial charge on any atom is 1.00 e. The van der Waals surface area contributed by atoms with Crippen LogP contribution < -0.4 is 51.4 Å². The first kappa shape index (κ1) is 14.7. The summed E-state index contributed by atoms with van der Waals surface area (Å²) >= 11 is 0. The van der Waals surface area contributed by atoms with E-state index < -0.39 is 18.7 Å². The average Bonchev–Trinajstić information content (AvgIpc) is 2.67. The summed E-state index contributed by atoms with van der Waals surface area (Å²) in [6.07, 6.45) is 0. The van der Waals surface area contributed by atoms with E-state index in [1.165, 1.54) is 0 Å². The van der Waals surface area contributed by atoms with E-state index in [0.717, 1.165) is 5.56 Å². The third kappa shape index (κ3) is 3.34. The normalized spacial score (nSPS) is 25.2. The van der Waals surface area contributed by atoms with Crippen molar-refractivity contribution in [3.05, 3.63) is 35.9 Å². The molecule has 2 atom stereocenters. The van der Waals surface area contributed by atoms with Gasteiger partial charge in [0, 0.05) is 6.61 Å². The number of hydrogen-bond acceptors (Lipinski definition) is 1. The SMILES string of the molecule is F[B-](F)(F)C1COCC1c1ccccc1.[K+]. The van der Waals surface area contributed by atoms with Gasteiger partial charge < -0.3 is 17.7 Å². The third-order valence-corrected chi connectivity index (χ3v) is 2.84. The Morgan fingerprint density at radius 3 is 2.25 bits per heavy atom. The van der Waals surface area contributed by atoms with Gasteiger partial charge in [-0.1, -0.05) is 30.3 Å². The Morgan fingerprint density at radius 1 is 1.06 bits per heavy atom. The molecule has 82 valence electrons. The van der Waals surface area contributed by atoms with Crippen LogP contribution in [0.3, 0.4) is 0 Å². The van der Waals surface area contributed by atoms with Crippen molar-refractivity contribution in [3.8, 4) is 0 Å². The smallest absolute Gasteiger partial charge is 0.449 e. The van der Waals surface area contributed by atoms with Gasteiger partial charge in [-0.25, -0.2) is 0 Å². The fourth-order valence-corrected chi connectivity index (χ4v) is 1.99. The number of hydrogen-bond donors (Lipinski definition) is 0. The second-order valence-corrected chi connectivity index (χ2v) is 3.84. The van der Waals surface area contributed by atoms with Crippen LogP contribution in [0, 0.1) is 0 Å². The molecule has 0 amide bonds. The quantitative estimate of drug-likeness (QED) is 0.676. The summed E-state index contributed by atoms with van der Waals surface area (Å²) in [6, 6.07) is 8.78. The Labute approximate surface area is 135 Å². The summed E-state index contributed by atoms with van der Waals surface area (Å²) in [4.78, 5) is 0.